The number of rotatable bonds is 6. The van der Waals surface area contributed by atoms with Gasteiger partial charge in [-0.2, -0.15) is 0 Å². The van der Waals surface area contributed by atoms with E-state index in [4.69, 9.17) is 16.3 Å². The maximum atomic E-state index is 12.3. The summed E-state index contributed by atoms with van der Waals surface area (Å²) >= 11 is 5.97. The van der Waals surface area contributed by atoms with Crippen LogP contribution in [0.15, 0.2) is 48.5 Å². The Kier molecular flexibility index (Phi) is 6.31. The maximum Gasteiger partial charge on any atom is 0.311 e. The van der Waals surface area contributed by atoms with E-state index in [-0.39, 0.29) is 18.9 Å². The summed E-state index contributed by atoms with van der Waals surface area (Å²) in [7, 11) is 0. The molecule has 0 aliphatic carbocycles. The fourth-order valence-electron chi connectivity index (χ4n) is 3.15. The predicted molar refractivity (Wildman–Crippen MR) is 107 cm³/mol. The van der Waals surface area contributed by atoms with Crippen molar-refractivity contribution in [2.45, 2.75) is 19.8 Å². The number of anilines is 2. The van der Waals surface area contributed by atoms with E-state index in [1.165, 1.54) is 4.90 Å². The molecule has 28 heavy (non-hydrogen) atoms. The third-order valence-electron chi connectivity index (χ3n) is 4.60. The summed E-state index contributed by atoms with van der Waals surface area (Å²) in [6.45, 7) is 1.81. The number of amides is 2. The number of esters is 1. The summed E-state index contributed by atoms with van der Waals surface area (Å²) in [5, 5.41) is 3.26. The lowest BCUT2D eigenvalue weighted by atomic mass is 10.1. The molecule has 3 rings (SSSR count). The largest absolute Gasteiger partial charge is 0.455 e. The zero-order chi connectivity index (χ0) is 20.1. The minimum Gasteiger partial charge on any atom is -0.455 e. The third-order valence-corrected chi connectivity index (χ3v) is 4.83. The average Bonchev–Trinajstić information content (AvgIpc) is 3.08. The topological polar surface area (TPSA) is 75.7 Å². The van der Waals surface area contributed by atoms with Gasteiger partial charge < -0.3 is 15.0 Å². The van der Waals surface area contributed by atoms with Crippen LogP contribution in [0.3, 0.4) is 0 Å². The Balaban J connectivity index is 1.54. The molecule has 0 bridgehead atoms. The standard InChI is InChI=1S/C21H21ClN2O4/c1-2-14-6-3-4-9-18(14)23-19(25)13-28-21(27)15-10-20(26)24(12-15)17-8-5-7-16(22)11-17/h3-9,11,15H,2,10,12-13H2,1H3,(H,23,25). The number of para-hydroxylation sites is 1. The molecule has 1 aliphatic rings. The molecule has 0 radical (unpaired) electrons. The van der Waals surface area contributed by atoms with Gasteiger partial charge >= 0.3 is 5.97 Å². The van der Waals surface area contributed by atoms with Gasteiger partial charge in [0.15, 0.2) is 6.61 Å². The second kappa shape index (κ2) is 8.89. The lowest BCUT2D eigenvalue weighted by Crippen LogP contribution is -2.28. The van der Waals surface area contributed by atoms with Crippen LogP contribution in [0.25, 0.3) is 0 Å². The first-order chi connectivity index (χ1) is 13.5. The van der Waals surface area contributed by atoms with E-state index < -0.39 is 24.4 Å². The van der Waals surface area contributed by atoms with Crippen LogP contribution < -0.4 is 10.2 Å². The van der Waals surface area contributed by atoms with Crippen molar-refractivity contribution in [1.29, 1.82) is 0 Å². The van der Waals surface area contributed by atoms with Gasteiger partial charge in [-0.1, -0.05) is 42.8 Å². The van der Waals surface area contributed by atoms with Crippen molar-refractivity contribution in [3.8, 4) is 0 Å². The van der Waals surface area contributed by atoms with Crippen molar-refractivity contribution in [3.63, 3.8) is 0 Å². The maximum absolute atomic E-state index is 12.3. The van der Waals surface area contributed by atoms with Gasteiger partial charge in [0.1, 0.15) is 0 Å². The fraction of sp³-hybridized carbons (Fsp3) is 0.286. The Labute approximate surface area is 168 Å². The van der Waals surface area contributed by atoms with Crippen molar-refractivity contribution in [1.82, 2.24) is 0 Å². The highest BCUT2D eigenvalue weighted by molar-refractivity contribution is 6.31. The molecule has 1 aliphatic heterocycles. The molecule has 0 saturated carbocycles. The number of halogens is 1. The predicted octanol–water partition coefficient (Wildman–Crippen LogP) is 3.44. The lowest BCUT2D eigenvalue weighted by Gasteiger charge is -2.16. The number of carbonyl (C=O) groups is 3. The van der Waals surface area contributed by atoms with Gasteiger partial charge in [-0.25, -0.2) is 0 Å². The van der Waals surface area contributed by atoms with Gasteiger partial charge in [0.25, 0.3) is 5.91 Å². The molecule has 7 heteroatoms. The van der Waals surface area contributed by atoms with Gasteiger partial charge in [0.05, 0.1) is 5.92 Å². The Morgan fingerprint density at radius 2 is 2.00 bits per heavy atom. The minimum absolute atomic E-state index is 0.0473. The normalized spacial score (nSPS) is 16.1. The highest BCUT2D eigenvalue weighted by Crippen LogP contribution is 2.27. The highest BCUT2D eigenvalue weighted by atomic mass is 35.5. The van der Waals surface area contributed by atoms with E-state index >= 15 is 0 Å². The van der Waals surface area contributed by atoms with Crippen LogP contribution in [-0.2, 0) is 25.5 Å². The number of nitrogens with zero attached hydrogens (tertiary/aromatic N) is 1. The minimum atomic E-state index is -0.609. The number of ether oxygens (including phenoxy) is 1. The van der Waals surface area contributed by atoms with E-state index in [0.717, 1.165) is 12.0 Å². The fourth-order valence-corrected chi connectivity index (χ4v) is 3.33. The highest BCUT2D eigenvalue weighted by Gasteiger charge is 2.36. The van der Waals surface area contributed by atoms with E-state index in [1.807, 2.05) is 25.1 Å². The molecule has 1 unspecified atom stereocenters. The number of nitrogens with one attached hydrogen (secondary N) is 1. The summed E-state index contributed by atoms with van der Waals surface area (Å²) in [4.78, 5) is 38.2. The monoisotopic (exact) mass is 400 g/mol. The molecule has 2 aromatic rings. The van der Waals surface area contributed by atoms with Gasteiger partial charge in [-0.3, -0.25) is 14.4 Å². The molecule has 1 fully saturated rings. The molecule has 2 amide bonds. The van der Waals surface area contributed by atoms with E-state index in [1.54, 1.807) is 30.3 Å². The average molecular weight is 401 g/mol. The zero-order valence-electron chi connectivity index (χ0n) is 15.5. The van der Waals surface area contributed by atoms with Crippen LogP contribution in [0.5, 0.6) is 0 Å². The van der Waals surface area contributed by atoms with Crippen molar-refractivity contribution in [3.05, 3.63) is 59.1 Å². The molecule has 146 valence electrons. The number of aryl methyl sites for hydroxylation is 1. The van der Waals surface area contributed by atoms with Crippen molar-refractivity contribution in [2.75, 3.05) is 23.4 Å². The van der Waals surface area contributed by atoms with Crippen LogP contribution in [-0.4, -0.2) is 30.9 Å². The quantitative estimate of drug-likeness (QED) is 0.753. The Hall–Kier alpha value is -2.86. The van der Waals surface area contributed by atoms with Gasteiger partial charge in [0.2, 0.25) is 5.91 Å². The van der Waals surface area contributed by atoms with Gasteiger partial charge in [0, 0.05) is 29.4 Å². The molecule has 1 atom stereocenters. The number of carbonyl (C=O) groups excluding carboxylic acids is 3. The summed E-state index contributed by atoms with van der Waals surface area (Å²) in [5.74, 6) is -1.75. The Morgan fingerprint density at radius 1 is 1.21 bits per heavy atom. The molecule has 1 saturated heterocycles. The SMILES string of the molecule is CCc1ccccc1NC(=O)COC(=O)C1CC(=O)N(c2cccc(Cl)c2)C1. The molecular weight excluding hydrogens is 380 g/mol. The Morgan fingerprint density at radius 3 is 2.75 bits per heavy atom. The van der Waals surface area contributed by atoms with E-state index in [9.17, 15) is 14.4 Å². The number of hydrogen-bond donors (Lipinski definition) is 1. The van der Waals surface area contributed by atoms with Gasteiger partial charge in [-0.15, -0.1) is 0 Å². The third kappa shape index (κ3) is 4.70. The number of hydrogen-bond acceptors (Lipinski definition) is 4. The zero-order valence-corrected chi connectivity index (χ0v) is 16.2. The van der Waals surface area contributed by atoms with Crippen molar-refractivity contribution < 1.29 is 19.1 Å². The summed E-state index contributed by atoms with van der Waals surface area (Å²) < 4.78 is 5.13. The first kappa shape index (κ1) is 19.9. The summed E-state index contributed by atoms with van der Waals surface area (Å²) in [6, 6.07) is 14.4. The Bertz CT molecular complexity index is 899. The van der Waals surface area contributed by atoms with Gasteiger partial charge in [-0.05, 0) is 36.2 Å². The van der Waals surface area contributed by atoms with Crippen LogP contribution in [0, 0.1) is 5.92 Å². The molecule has 1 heterocycles. The lowest BCUT2D eigenvalue weighted by molar-refractivity contribution is -0.151. The molecule has 2 aromatic carbocycles. The smallest absolute Gasteiger partial charge is 0.311 e. The van der Waals surface area contributed by atoms with Crippen molar-refractivity contribution >= 4 is 40.8 Å². The molecule has 0 spiro atoms. The van der Waals surface area contributed by atoms with E-state index in [0.29, 0.717) is 16.4 Å². The first-order valence-corrected chi connectivity index (χ1v) is 9.46. The summed E-state index contributed by atoms with van der Waals surface area (Å²) in [5.41, 5.74) is 2.34. The second-order valence-electron chi connectivity index (χ2n) is 6.55. The molecule has 0 aromatic heterocycles. The molecular formula is C21H21ClN2O4. The first-order valence-electron chi connectivity index (χ1n) is 9.08. The van der Waals surface area contributed by atoms with Crippen LogP contribution in [0.1, 0.15) is 18.9 Å². The summed E-state index contributed by atoms with van der Waals surface area (Å²) in [6.07, 6.45) is 0.825. The van der Waals surface area contributed by atoms with Crippen molar-refractivity contribution in [2.24, 2.45) is 5.92 Å². The van der Waals surface area contributed by atoms with Crippen LogP contribution in [0.2, 0.25) is 5.02 Å². The second-order valence-corrected chi connectivity index (χ2v) is 6.99. The molecule has 6 nitrogen and oxygen atoms in total. The van der Waals surface area contributed by atoms with Crippen LogP contribution >= 0.6 is 11.6 Å². The number of benzene rings is 2. The van der Waals surface area contributed by atoms with Crippen LogP contribution in [0.4, 0.5) is 11.4 Å². The van der Waals surface area contributed by atoms with E-state index in [2.05, 4.69) is 5.32 Å². The molecule has 1 N–H and O–H groups in total.